The fraction of sp³-hybridized carbons (Fsp3) is 0.0938. The minimum absolute atomic E-state index is 0.0470. The fourth-order valence-electron chi connectivity index (χ4n) is 4.06. The third-order valence-corrected chi connectivity index (χ3v) is 7.65. The van der Waals surface area contributed by atoms with Gasteiger partial charge in [-0.2, -0.15) is 0 Å². The van der Waals surface area contributed by atoms with Crippen LogP contribution >= 0.6 is 23.4 Å². The molecule has 218 valence electrons. The fourth-order valence-corrected chi connectivity index (χ4v) is 5.20. The van der Waals surface area contributed by atoms with E-state index in [-0.39, 0.29) is 29.0 Å². The summed E-state index contributed by atoms with van der Waals surface area (Å²) in [6, 6.07) is 24.5. The largest absolute Gasteiger partial charge is 0.454 e. The van der Waals surface area contributed by atoms with Gasteiger partial charge in [0.25, 0.3) is 11.8 Å². The zero-order chi connectivity index (χ0) is 30.3. The minimum atomic E-state index is -0.695. The second kappa shape index (κ2) is 13.5. The molecule has 0 bridgehead atoms. The van der Waals surface area contributed by atoms with Crippen molar-refractivity contribution in [3.63, 3.8) is 0 Å². The number of ether oxygens (including phenoxy) is 2. The lowest BCUT2D eigenvalue weighted by molar-refractivity contribution is -0.115. The number of anilines is 2. The van der Waals surface area contributed by atoms with E-state index >= 15 is 0 Å². The molecule has 1 heterocycles. The van der Waals surface area contributed by atoms with Gasteiger partial charge in [-0.25, -0.2) is 4.39 Å². The molecule has 0 spiro atoms. The van der Waals surface area contributed by atoms with Crippen molar-refractivity contribution in [1.82, 2.24) is 5.32 Å². The van der Waals surface area contributed by atoms with Crippen molar-refractivity contribution in [3.05, 3.63) is 119 Å². The van der Waals surface area contributed by atoms with Crippen LogP contribution in [-0.2, 0) is 9.59 Å². The quantitative estimate of drug-likeness (QED) is 0.142. The van der Waals surface area contributed by atoms with Gasteiger partial charge >= 0.3 is 0 Å². The first-order chi connectivity index (χ1) is 20.8. The van der Waals surface area contributed by atoms with E-state index in [0.717, 1.165) is 0 Å². The molecule has 4 aromatic carbocycles. The van der Waals surface area contributed by atoms with Gasteiger partial charge in [-0.1, -0.05) is 41.9 Å². The summed E-state index contributed by atoms with van der Waals surface area (Å²) in [5.74, 6) is -0.950. The Morgan fingerprint density at radius 1 is 0.884 bits per heavy atom. The highest BCUT2D eigenvalue weighted by Crippen LogP contribution is 2.35. The van der Waals surface area contributed by atoms with Gasteiger partial charge in [0, 0.05) is 33.5 Å². The number of rotatable bonds is 9. The number of thioether (sulfide) groups is 1. The van der Waals surface area contributed by atoms with Gasteiger partial charge in [-0.3, -0.25) is 14.4 Å². The maximum absolute atomic E-state index is 14.6. The molecule has 0 radical (unpaired) electrons. The molecule has 0 saturated carbocycles. The Kier molecular flexibility index (Phi) is 9.29. The number of halogens is 2. The third kappa shape index (κ3) is 7.54. The van der Waals surface area contributed by atoms with E-state index < -0.39 is 22.9 Å². The summed E-state index contributed by atoms with van der Waals surface area (Å²) in [6.45, 7) is 1.90. The summed E-state index contributed by atoms with van der Waals surface area (Å²) in [4.78, 5) is 39.8. The number of amides is 3. The first-order valence-electron chi connectivity index (χ1n) is 13.1. The van der Waals surface area contributed by atoms with Crippen LogP contribution in [-0.4, -0.2) is 29.8 Å². The van der Waals surface area contributed by atoms with E-state index in [2.05, 4.69) is 16.0 Å². The van der Waals surface area contributed by atoms with Crippen molar-refractivity contribution in [1.29, 1.82) is 0 Å². The molecule has 43 heavy (non-hydrogen) atoms. The summed E-state index contributed by atoms with van der Waals surface area (Å²) in [6.07, 6.45) is 1.19. The molecule has 1 aliphatic rings. The van der Waals surface area contributed by atoms with Crippen molar-refractivity contribution >= 4 is 58.5 Å². The summed E-state index contributed by atoms with van der Waals surface area (Å²) >= 11 is 7.48. The number of carbonyl (C=O) groups is 3. The predicted molar refractivity (Wildman–Crippen MR) is 165 cm³/mol. The Balaban J connectivity index is 1.30. The molecular formula is C32H25ClFN3O5S. The zero-order valence-corrected chi connectivity index (χ0v) is 24.3. The van der Waals surface area contributed by atoms with Crippen molar-refractivity contribution in [2.45, 2.75) is 17.1 Å². The minimum Gasteiger partial charge on any atom is -0.454 e. The van der Waals surface area contributed by atoms with E-state index in [0.29, 0.717) is 33.3 Å². The third-order valence-electron chi connectivity index (χ3n) is 6.23. The molecule has 0 saturated heterocycles. The van der Waals surface area contributed by atoms with Crippen LogP contribution < -0.4 is 25.4 Å². The molecule has 4 aromatic rings. The molecule has 1 unspecified atom stereocenters. The van der Waals surface area contributed by atoms with Gasteiger partial charge in [0.2, 0.25) is 12.7 Å². The van der Waals surface area contributed by atoms with E-state index in [1.54, 1.807) is 79.7 Å². The Hall–Kier alpha value is -4.80. The average molecular weight is 618 g/mol. The number of carbonyl (C=O) groups excluding carboxylic acids is 3. The smallest absolute Gasteiger partial charge is 0.272 e. The lowest BCUT2D eigenvalue weighted by Crippen LogP contribution is -2.30. The van der Waals surface area contributed by atoms with Crippen molar-refractivity contribution in [2.24, 2.45) is 0 Å². The van der Waals surface area contributed by atoms with E-state index in [1.165, 1.54) is 36.0 Å². The molecule has 3 amide bonds. The lowest BCUT2D eigenvalue weighted by Gasteiger charge is -2.14. The van der Waals surface area contributed by atoms with Gasteiger partial charge in [-0.15, -0.1) is 11.8 Å². The highest BCUT2D eigenvalue weighted by molar-refractivity contribution is 8.00. The second-order valence-corrected chi connectivity index (χ2v) is 11.1. The van der Waals surface area contributed by atoms with Crippen molar-refractivity contribution < 1.29 is 28.2 Å². The van der Waals surface area contributed by atoms with Gasteiger partial charge in [0.15, 0.2) is 11.5 Å². The van der Waals surface area contributed by atoms with Gasteiger partial charge in [0.1, 0.15) is 11.5 Å². The van der Waals surface area contributed by atoms with Crippen LogP contribution in [0.1, 0.15) is 22.8 Å². The Morgan fingerprint density at radius 3 is 2.42 bits per heavy atom. The standard InChI is InChI=1S/C32H25ClFN3O5S/c1-19(30(38)35-22-13-14-28-29(16-22)42-18-41-28)43-23-10-5-9-21(15-23)36-32(40)27(17-24-25(33)11-6-12-26(24)34)37-31(39)20-7-3-2-4-8-20/h2-17,19H,18H2,1H3,(H,35,38)(H,36,40)(H,37,39)/b27-17+. The van der Waals surface area contributed by atoms with Crippen LogP contribution in [0.2, 0.25) is 5.02 Å². The van der Waals surface area contributed by atoms with E-state index in [9.17, 15) is 18.8 Å². The molecular weight excluding hydrogens is 593 g/mol. The Morgan fingerprint density at radius 2 is 1.63 bits per heavy atom. The zero-order valence-electron chi connectivity index (χ0n) is 22.7. The number of hydrogen-bond donors (Lipinski definition) is 3. The molecule has 8 nitrogen and oxygen atoms in total. The van der Waals surface area contributed by atoms with Gasteiger partial charge < -0.3 is 25.4 Å². The van der Waals surface area contributed by atoms with Gasteiger partial charge in [0.05, 0.1) is 10.3 Å². The first-order valence-corrected chi connectivity index (χ1v) is 14.3. The maximum atomic E-state index is 14.6. The second-order valence-electron chi connectivity index (χ2n) is 9.31. The predicted octanol–water partition coefficient (Wildman–Crippen LogP) is 6.74. The number of fused-ring (bicyclic) bond motifs is 1. The number of benzene rings is 4. The Bertz CT molecular complexity index is 1700. The summed E-state index contributed by atoms with van der Waals surface area (Å²) in [5.41, 5.74) is 1.03. The van der Waals surface area contributed by atoms with Crippen LogP contribution in [0.25, 0.3) is 6.08 Å². The van der Waals surface area contributed by atoms with Crippen molar-refractivity contribution in [3.8, 4) is 11.5 Å². The monoisotopic (exact) mass is 617 g/mol. The van der Waals surface area contributed by atoms with Crippen LogP contribution in [0.3, 0.4) is 0 Å². The lowest BCUT2D eigenvalue weighted by atomic mass is 10.1. The molecule has 1 atom stereocenters. The molecule has 3 N–H and O–H groups in total. The molecule has 0 fully saturated rings. The summed E-state index contributed by atoms with van der Waals surface area (Å²) in [7, 11) is 0. The van der Waals surface area contributed by atoms with Crippen LogP contribution in [0.4, 0.5) is 15.8 Å². The molecule has 5 rings (SSSR count). The van der Waals surface area contributed by atoms with Crippen LogP contribution in [0.15, 0.2) is 102 Å². The highest BCUT2D eigenvalue weighted by atomic mass is 35.5. The summed E-state index contributed by atoms with van der Waals surface area (Å²) in [5, 5.41) is 7.76. The first kappa shape index (κ1) is 29.7. The Labute approximate surface area is 256 Å². The number of nitrogens with one attached hydrogen (secondary N) is 3. The average Bonchev–Trinajstić information content (AvgIpc) is 3.47. The van der Waals surface area contributed by atoms with Crippen molar-refractivity contribution in [2.75, 3.05) is 17.4 Å². The van der Waals surface area contributed by atoms with Crippen LogP contribution in [0.5, 0.6) is 11.5 Å². The summed E-state index contributed by atoms with van der Waals surface area (Å²) < 4.78 is 25.2. The normalized spacial score (nSPS) is 12.8. The number of hydrogen-bond acceptors (Lipinski definition) is 6. The van der Waals surface area contributed by atoms with E-state index in [1.807, 2.05) is 0 Å². The van der Waals surface area contributed by atoms with Crippen LogP contribution in [0, 0.1) is 5.82 Å². The SMILES string of the molecule is CC(Sc1cccc(NC(=O)/C(=C\c2c(F)cccc2Cl)NC(=O)c2ccccc2)c1)C(=O)Nc1ccc2c(c1)OCO2. The van der Waals surface area contributed by atoms with E-state index in [4.69, 9.17) is 21.1 Å². The maximum Gasteiger partial charge on any atom is 0.272 e. The molecule has 0 aliphatic carbocycles. The topological polar surface area (TPSA) is 106 Å². The van der Waals surface area contributed by atoms with Gasteiger partial charge in [-0.05, 0) is 67.6 Å². The highest BCUT2D eigenvalue weighted by Gasteiger charge is 2.20. The molecule has 11 heteroatoms. The molecule has 1 aliphatic heterocycles. The molecule has 0 aromatic heterocycles.